The van der Waals surface area contributed by atoms with Crippen molar-refractivity contribution in [2.75, 3.05) is 7.11 Å². The van der Waals surface area contributed by atoms with E-state index in [0.29, 0.717) is 11.3 Å². The zero-order valence-electron chi connectivity index (χ0n) is 11.8. The largest absolute Gasteiger partial charge is 0.466 e. The standard InChI is InChI=1S/C16H15NO4/c1-10-8-11(15(18)20-2)9-13-14(10)17(16(19)21-13)12-6-4-3-5-7-12/h3-8,10H,9H2,1-2H3/t10-/m1/s1. The van der Waals surface area contributed by atoms with E-state index in [9.17, 15) is 9.59 Å². The summed E-state index contributed by atoms with van der Waals surface area (Å²) in [5, 5.41) is 0. The van der Waals surface area contributed by atoms with Crippen LogP contribution in [0, 0.1) is 0 Å². The molecule has 0 saturated heterocycles. The van der Waals surface area contributed by atoms with E-state index >= 15 is 0 Å². The number of para-hydroxylation sites is 1. The number of esters is 1. The number of carbonyl (C=O) groups excluding carboxylic acids is 1. The van der Waals surface area contributed by atoms with Gasteiger partial charge in [-0.1, -0.05) is 31.2 Å². The van der Waals surface area contributed by atoms with E-state index in [1.165, 1.54) is 7.11 Å². The van der Waals surface area contributed by atoms with Crippen LogP contribution in [0.2, 0.25) is 0 Å². The van der Waals surface area contributed by atoms with E-state index in [-0.39, 0.29) is 18.3 Å². The first kappa shape index (κ1) is 13.4. The fourth-order valence-electron chi connectivity index (χ4n) is 2.72. The molecule has 0 fully saturated rings. The normalized spacial score (nSPS) is 17.0. The first-order valence-electron chi connectivity index (χ1n) is 6.71. The van der Waals surface area contributed by atoms with Gasteiger partial charge in [-0.2, -0.15) is 0 Å². The molecule has 0 unspecified atom stereocenters. The van der Waals surface area contributed by atoms with Gasteiger partial charge in [0.25, 0.3) is 0 Å². The Balaban J connectivity index is 2.11. The third kappa shape index (κ3) is 2.20. The number of hydrogen-bond donors (Lipinski definition) is 0. The van der Waals surface area contributed by atoms with Crippen LogP contribution in [0.1, 0.15) is 24.3 Å². The van der Waals surface area contributed by atoms with Gasteiger partial charge in [0.05, 0.1) is 18.5 Å². The fraction of sp³-hybridized carbons (Fsp3) is 0.250. The van der Waals surface area contributed by atoms with Crippen molar-refractivity contribution in [1.29, 1.82) is 0 Å². The molecule has 0 amide bonds. The molecular formula is C16H15NO4. The van der Waals surface area contributed by atoms with Crippen molar-refractivity contribution in [2.24, 2.45) is 0 Å². The highest BCUT2D eigenvalue weighted by molar-refractivity contribution is 5.89. The number of allylic oxidation sites excluding steroid dienone is 1. The lowest BCUT2D eigenvalue weighted by atomic mass is 9.92. The Morgan fingerprint density at radius 1 is 1.33 bits per heavy atom. The zero-order chi connectivity index (χ0) is 15.0. The minimum atomic E-state index is -0.433. The molecule has 0 N–H and O–H groups in total. The molecule has 2 aromatic rings. The van der Waals surface area contributed by atoms with Crippen LogP contribution in [0.25, 0.3) is 5.69 Å². The van der Waals surface area contributed by atoms with Crippen LogP contribution in [0.5, 0.6) is 0 Å². The summed E-state index contributed by atoms with van der Waals surface area (Å²) in [6.07, 6.45) is 2.10. The third-order valence-corrected chi connectivity index (χ3v) is 3.62. The number of nitrogens with zero attached hydrogens (tertiary/aromatic N) is 1. The highest BCUT2D eigenvalue weighted by Crippen LogP contribution is 2.31. The molecule has 0 spiro atoms. The van der Waals surface area contributed by atoms with E-state index in [1.807, 2.05) is 43.3 Å². The first-order chi connectivity index (χ1) is 10.1. The molecule has 1 heterocycles. The monoisotopic (exact) mass is 285 g/mol. The van der Waals surface area contributed by atoms with Gasteiger partial charge in [-0.15, -0.1) is 0 Å². The van der Waals surface area contributed by atoms with Crippen LogP contribution < -0.4 is 5.76 Å². The Kier molecular flexibility index (Phi) is 3.25. The van der Waals surface area contributed by atoms with Gasteiger partial charge in [0, 0.05) is 17.9 Å². The Labute approximate surface area is 121 Å². The molecule has 1 aromatic carbocycles. The van der Waals surface area contributed by atoms with E-state index in [1.54, 1.807) is 4.57 Å². The number of oxazole rings is 1. The van der Waals surface area contributed by atoms with E-state index in [4.69, 9.17) is 9.15 Å². The van der Waals surface area contributed by atoms with E-state index < -0.39 is 5.76 Å². The molecule has 1 aromatic heterocycles. The van der Waals surface area contributed by atoms with Crippen LogP contribution in [-0.2, 0) is 16.0 Å². The lowest BCUT2D eigenvalue weighted by molar-refractivity contribution is -0.136. The van der Waals surface area contributed by atoms with Gasteiger partial charge in [0.15, 0.2) is 0 Å². The van der Waals surface area contributed by atoms with Gasteiger partial charge in [-0.25, -0.2) is 14.2 Å². The van der Waals surface area contributed by atoms with Crippen molar-refractivity contribution in [3.63, 3.8) is 0 Å². The second-order valence-electron chi connectivity index (χ2n) is 5.00. The van der Waals surface area contributed by atoms with Crippen LogP contribution in [-0.4, -0.2) is 17.6 Å². The van der Waals surface area contributed by atoms with Gasteiger partial charge < -0.3 is 9.15 Å². The maximum Gasteiger partial charge on any atom is 0.424 e. The minimum absolute atomic E-state index is 0.102. The average Bonchev–Trinajstić information content (AvgIpc) is 2.83. The molecule has 5 heteroatoms. The maximum absolute atomic E-state index is 12.2. The number of rotatable bonds is 2. The predicted molar refractivity (Wildman–Crippen MR) is 76.5 cm³/mol. The molecule has 3 rings (SSSR count). The Hall–Kier alpha value is -2.56. The summed E-state index contributed by atoms with van der Waals surface area (Å²) in [6.45, 7) is 1.93. The predicted octanol–water partition coefficient (Wildman–Crippen LogP) is 2.19. The van der Waals surface area contributed by atoms with Crippen molar-refractivity contribution in [3.8, 4) is 5.69 Å². The highest BCUT2D eigenvalue weighted by atomic mass is 16.5. The van der Waals surface area contributed by atoms with Crippen molar-refractivity contribution in [2.45, 2.75) is 19.3 Å². The van der Waals surface area contributed by atoms with Gasteiger partial charge in [-0.05, 0) is 12.1 Å². The zero-order valence-corrected chi connectivity index (χ0v) is 11.8. The molecule has 5 nitrogen and oxygen atoms in total. The Bertz CT molecular complexity index is 767. The van der Waals surface area contributed by atoms with E-state index in [0.717, 1.165) is 11.4 Å². The summed E-state index contributed by atoms with van der Waals surface area (Å²) in [6, 6.07) is 9.32. The third-order valence-electron chi connectivity index (χ3n) is 3.62. The molecule has 0 radical (unpaired) electrons. The van der Waals surface area contributed by atoms with Gasteiger partial charge in [0.1, 0.15) is 5.76 Å². The quantitative estimate of drug-likeness (QED) is 0.794. The Morgan fingerprint density at radius 3 is 2.71 bits per heavy atom. The first-order valence-corrected chi connectivity index (χ1v) is 6.71. The fourth-order valence-corrected chi connectivity index (χ4v) is 2.72. The van der Waals surface area contributed by atoms with Crippen LogP contribution >= 0.6 is 0 Å². The van der Waals surface area contributed by atoms with Crippen LogP contribution in [0.4, 0.5) is 0 Å². The van der Waals surface area contributed by atoms with Crippen molar-refractivity contribution in [3.05, 3.63) is 64.0 Å². The summed E-state index contributed by atoms with van der Waals surface area (Å²) < 4.78 is 11.6. The van der Waals surface area contributed by atoms with Gasteiger partial charge in [0.2, 0.25) is 0 Å². The molecule has 0 aliphatic heterocycles. The number of hydrogen-bond acceptors (Lipinski definition) is 4. The number of methoxy groups -OCH3 is 1. The highest BCUT2D eigenvalue weighted by Gasteiger charge is 2.29. The lowest BCUT2D eigenvalue weighted by Gasteiger charge is -2.18. The number of benzene rings is 1. The number of ether oxygens (including phenoxy) is 1. The second kappa shape index (κ2) is 5.09. The molecular weight excluding hydrogens is 270 g/mol. The van der Waals surface area contributed by atoms with E-state index in [2.05, 4.69) is 0 Å². The van der Waals surface area contributed by atoms with Crippen LogP contribution in [0.15, 0.2) is 51.2 Å². The number of carbonyl (C=O) groups is 1. The summed E-state index contributed by atoms with van der Waals surface area (Å²) in [5.41, 5.74) is 2.07. The molecule has 1 aliphatic rings. The molecule has 108 valence electrons. The summed E-state index contributed by atoms with van der Waals surface area (Å²) in [7, 11) is 1.34. The summed E-state index contributed by atoms with van der Waals surface area (Å²) in [5.74, 6) is -0.395. The minimum Gasteiger partial charge on any atom is -0.466 e. The molecule has 21 heavy (non-hydrogen) atoms. The Morgan fingerprint density at radius 2 is 2.05 bits per heavy atom. The lowest BCUT2D eigenvalue weighted by Crippen LogP contribution is -2.18. The van der Waals surface area contributed by atoms with Crippen molar-refractivity contribution in [1.82, 2.24) is 4.57 Å². The number of fused-ring (bicyclic) bond motifs is 1. The molecule has 1 aliphatic carbocycles. The summed E-state index contributed by atoms with van der Waals surface area (Å²) >= 11 is 0. The van der Waals surface area contributed by atoms with Crippen LogP contribution in [0.3, 0.4) is 0 Å². The summed E-state index contributed by atoms with van der Waals surface area (Å²) in [4.78, 5) is 23.8. The van der Waals surface area contributed by atoms with Gasteiger partial charge >= 0.3 is 11.7 Å². The SMILES string of the molecule is COC(=O)C1=C[C@@H](C)c2c(oc(=O)n2-c2ccccc2)C1. The molecule has 1 atom stereocenters. The van der Waals surface area contributed by atoms with Gasteiger partial charge in [-0.3, -0.25) is 0 Å². The smallest absolute Gasteiger partial charge is 0.424 e. The van der Waals surface area contributed by atoms with Crippen molar-refractivity contribution >= 4 is 5.97 Å². The average molecular weight is 285 g/mol. The van der Waals surface area contributed by atoms with Crippen molar-refractivity contribution < 1.29 is 13.9 Å². The number of aromatic nitrogens is 1. The topological polar surface area (TPSA) is 61.4 Å². The second-order valence-corrected chi connectivity index (χ2v) is 5.00. The molecule has 0 bridgehead atoms. The molecule has 0 saturated carbocycles. The maximum atomic E-state index is 12.2.